The van der Waals surface area contributed by atoms with Gasteiger partial charge in [-0.25, -0.2) is 0 Å². The number of rotatable bonds is 0. The molecule has 98 valence electrons. The number of carbonyl (C=O) groups excluding carboxylic acids is 2. The van der Waals surface area contributed by atoms with Gasteiger partial charge in [0.1, 0.15) is 0 Å². The van der Waals surface area contributed by atoms with E-state index in [-0.39, 0.29) is 23.8 Å². The third-order valence-corrected chi connectivity index (χ3v) is 8.37. The fourth-order valence-corrected chi connectivity index (χ4v) is 6.34. The third-order valence-electron chi connectivity index (χ3n) is 5.64. The van der Waals surface area contributed by atoms with Gasteiger partial charge < -0.3 is 4.74 Å². The first-order valence-corrected chi connectivity index (χ1v) is 8.44. The SMILES string of the molecule is O=C1OC(=O)[C@H]2C3CC(C4CC(Br)C(Br)CC43)C12. The van der Waals surface area contributed by atoms with E-state index in [1.54, 1.807) is 0 Å². The third kappa shape index (κ3) is 1.35. The molecule has 0 aromatic rings. The van der Waals surface area contributed by atoms with Gasteiger partial charge in [0.15, 0.2) is 0 Å². The zero-order chi connectivity index (χ0) is 12.6. The van der Waals surface area contributed by atoms with Crippen LogP contribution in [0.1, 0.15) is 19.3 Å². The highest BCUT2D eigenvalue weighted by atomic mass is 79.9. The molecule has 0 amide bonds. The Balaban J connectivity index is 1.69. The Morgan fingerprint density at radius 2 is 1.22 bits per heavy atom. The molecule has 0 aromatic carbocycles. The van der Waals surface area contributed by atoms with Gasteiger partial charge in [-0.05, 0) is 42.9 Å². The van der Waals surface area contributed by atoms with Crippen LogP contribution >= 0.6 is 31.9 Å². The van der Waals surface area contributed by atoms with Gasteiger partial charge in [-0.15, -0.1) is 0 Å². The summed E-state index contributed by atoms with van der Waals surface area (Å²) in [4.78, 5) is 24.6. The lowest BCUT2D eigenvalue weighted by atomic mass is 9.64. The summed E-state index contributed by atoms with van der Waals surface area (Å²) < 4.78 is 4.87. The standard InChI is InChI=1S/C13H14Br2O3/c14-8-2-4-5(3-9(8)15)7-1-6(4)10-11(7)13(17)18-12(10)16/h4-11H,1-3H2/t4?,5?,6?,7?,8?,9?,10-,11?/m0/s1. The number of alkyl halides is 2. The highest BCUT2D eigenvalue weighted by Gasteiger charge is 2.67. The summed E-state index contributed by atoms with van der Waals surface area (Å²) in [5, 5.41) is 0. The van der Waals surface area contributed by atoms with Gasteiger partial charge in [0.25, 0.3) is 0 Å². The summed E-state index contributed by atoms with van der Waals surface area (Å²) in [5.74, 6) is 1.27. The Hall–Kier alpha value is 0.1000. The molecule has 7 unspecified atom stereocenters. The molecule has 5 heteroatoms. The number of cyclic esters (lactones) is 2. The summed E-state index contributed by atoms with van der Waals surface area (Å²) in [6.45, 7) is 0. The van der Waals surface area contributed by atoms with E-state index in [0.717, 1.165) is 19.3 Å². The summed E-state index contributed by atoms with van der Waals surface area (Å²) in [5.41, 5.74) is 0. The fraction of sp³-hybridized carbons (Fsp3) is 0.846. The zero-order valence-corrected chi connectivity index (χ0v) is 12.9. The second-order valence-corrected chi connectivity index (χ2v) is 8.54. The number of hydrogen-bond acceptors (Lipinski definition) is 3. The van der Waals surface area contributed by atoms with Crippen LogP contribution in [0.4, 0.5) is 0 Å². The second kappa shape index (κ2) is 3.81. The smallest absolute Gasteiger partial charge is 0.317 e. The van der Waals surface area contributed by atoms with Gasteiger partial charge in [0.2, 0.25) is 0 Å². The molecular weight excluding hydrogens is 364 g/mol. The van der Waals surface area contributed by atoms with Crippen molar-refractivity contribution >= 4 is 43.8 Å². The first-order chi connectivity index (χ1) is 8.58. The van der Waals surface area contributed by atoms with Crippen molar-refractivity contribution in [3.8, 4) is 0 Å². The first kappa shape index (κ1) is 11.9. The van der Waals surface area contributed by atoms with Crippen molar-refractivity contribution in [2.45, 2.75) is 28.9 Å². The molecule has 1 saturated heterocycles. The Labute approximate surface area is 122 Å². The number of carbonyl (C=O) groups is 2. The summed E-state index contributed by atoms with van der Waals surface area (Å²) >= 11 is 7.46. The number of fused-ring (bicyclic) bond motifs is 8. The van der Waals surface area contributed by atoms with Crippen LogP contribution in [0.5, 0.6) is 0 Å². The van der Waals surface area contributed by atoms with E-state index < -0.39 is 0 Å². The number of ether oxygens (including phenoxy) is 1. The molecule has 2 bridgehead atoms. The Morgan fingerprint density at radius 3 is 1.67 bits per heavy atom. The lowest BCUT2D eigenvalue weighted by Gasteiger charge is -2.42. The van der Waals surface area contributed by atoms with E-state index in [2.05, 4.69) is 31.9 Å². The van der Waals surface area contributed by atoms with Gasteiger partial charge in [0.05, 0.1) is 11.8 Å². The molecule has 0 aromatic heterocycles. The van der Waals surface area contributed by atoms with Crippen LogP contribution in [-0.2, 0) is 14.3 Å². The van der Waals surface area contributed by atoms with E-state index in [1.165, 1.54) is 0 Å². The van der Waals surface area contributed by atoms with Crippen molar-refractivity contribution in [2.75, 3.05) is 0 Å². The molecule has 0 radical (unpaired) electrons. The fourth-order valence-electron chi connectivity index (χ4n) is 5.05. The number of hydrogen-bond donors (Lipinski definition) is 0. The number of esters is 2. The van der Waals surface area contributed by atoms with Crippen molar-refractivity contribution in [1.82, 2.24) is 0 Å². The van der Waals surface area contributed by atoms with Crippen molar-refractivity contribution in [3.05, 3.63) is 0 Å². The highest BCUT2D eigenvalue weighted by molar-refractivity contribution is 9.12. The summed E-state index contributed by atoms with van der Waals surface area (Å²) in [6, 6.07) is 0. The normalized spacial score (nSPS) is 57.4. The summed E-state index contributed by atoms with van der Waals surface area (Å²) in [6.07, 6.45) is 3.30. The largest absolute Gasteiger partial charge is 0.393 e. The molecule has 4 fully saturated rings. The van der Waals surface area contributed by atoms with Crippen molar-refractivity contribution in [2.24, 2.45) is 35.5 Å². The Kier molecular flexibility index (Phi) is 2.52. The minimum atomic E-state index is -0.247. The number of halogens is 2. The van der Waals surface area contributed by atoms with Crippen LogP contribution < -0.4 is 0 Å². The first-order valence-electron chi connectivity index (χ1n) is 6.61. The molecule has 3 saturated carbocycles. The highest BCUT2D eigenvalue weighted by Crippen LogP contribution is 2.65. The minimum absolute atomic E-state index is 0.115. The van der Waals surface area contributed by atoms with Crippen molar-refractivity contribution in [3.63, 3.8) is 0 Å². The van der Waals surface area contributed by atoms with Crippen LogP contribution in [0.25, 0.3) is 0 Å². The van der Waals surface area contributed by atoms with Gasteiger partial charge in [0, 0.05) is 9.65 Å². The molecular formula is C13H14Br2O3. The van der Waals surface area contributed by atoms with E-state index in [4.69, 9.17) is 4.74 Å². The van der Waals surface area contributed by atoms with Crippen molar-refractivity contribution < 1.29 is 14.3 Å². The lowest BCUT2D eigenvalue weighted by Crippen LogP contribution is -2.43. The van der Waals surface area contributed by atoms with Crippen molar-refractivity contribution in [1.29, 1.82) is 0 Å². The van der Waals surface area contributed by atoms with Crippen LogP contribution in [0.3, 0.4) is 0 Å². The van der Waals surface area contributed by atoms with E-state index in [9.17, 15) is 9.59 Å². The van der Waals surface area contributed by atoms with Crippen LogP contribution in [-0.4, -0.2) is 21.6 Å². The molecule has 0 N–H and O–H groups in total. The second-order valence-electron chi connectivity index (χ2n) is 6.19. The van der Waals surface area contributed by atoms with Gasteiger partial charge in [-0.1, -0.05) is 31.9 Å². The van der Waals surface area contributed by atoms with Crippen LogP contribution in [0.15, 0.2) is 0 Å². The molecule has 0 spiro atoms. The summed E-state index contributed by atoms with van der Waals surface area (Å²) in [7, 11) is 0. The maximum absolute atomic E-state index is 11.8. The quantitative estimate of drug-likeness (QED) is 0.370. The molecule has 18 heavy (non-hydrogen) atoms. The average Bonchev–Trinajstić information content (AvgIpc) is 2.93. The molecule has 4 rings (SSSR count). The van der Waals surface area contributed by atoms with Gasteiger partial charge in [-0.2, -0.15) is 0 Å². The minimum Gasteiger partial charge on any atom is -0.393 e. The lowest BCUT2D eigenvalue weighted by molar-refractivity contribution is -0.154. The maximum atomic E-state index is 11.8. The van der Waals surface area contributed by atoms with Crippen LogP contribution in [0, 0.1) is 35.5 Å². The molecule has 1 heterocycles. The van der Waals surface area contributed by atoms with Gasteiger partial charge in [-0.3, -0.25) is 9.59 Å². The predicted octanol–water partition coefficient (Wildman–Crippen LogP) is 2.51. The molecule has 8 atom stereocenters. The molecule has 3 nitrogen and oxygen atoms in total. The Bertz CT molecular complexity index is 400. The topological polar surface area (TPSA) is 43.4 Å². The Morgan fingerprint density at radius 1 is 0.778 bits per heavy atom. The average molecular weight is 378 g/mol. The molecule has 1 aliphatic heterocycles. The van der Waals surface area contributed by atoms with Gasteiger partial charge >= 0.3 is 11.9 Å². The van der Waals surface area contributed by atoms with E-state index in [1.807, 2.05) is 0 Å². The maximum Gasteiger partial charge on any atom is 0.317 e. The van der Waals surface area contributed by atoms with E-state index >= 15 is 0 Å². The monoisotopic (exact) mass is 376 g/mol. The zero-order valence-electron chi connectivity index (χ0n) is 9.72. The molecule has 3 aliphatic carbocycles. The van der Waals surface area contributed by atoms with Crippen LogP contribution in [0.2, 0.25) is 0 Å². The van der Waals surface area contributed by atoms with E-state index in [0.29, 0.717) is 33.3 Å². The molecule has 4 aliphatic rings. The predicted molar refractivity (Wildman–Crippen MR) is 71.3 cm³/mol.